The second kappa shape index (κ2) is 19.9. The van der Waals surface area contributed by atoms with Gasteiger partial charge in [-0.2, -0.15) is 0 Å². The number of hydrogen-bond acceptors (Lipinski definition) is 14. The zero-order chi connectivity index (χ0) is 45.0. The van der Waals surface area contributed by atoms with Gasteiger partial charge in [0.05, 0.1) is 36.1 Å². The van der Waals surface area contributed by atoms with Gasteiger partial charge in [-0.05, 0) is 98.9 Å². The summed E-state index contributed by atoms with van der Waals surface area (Å²) in [6.07, 6.45) is -0.842. The van der Waals surface area contributed by atoms with E-state index in [0.717, 1.165) is 5.56 Å². The Morgan fingerprint density at radius 2 is 1.80 bits per heavy atom. The number of amides is 2. The van der Waals surface area contributed by atoms with Gasteiger partial charge >= 0.3 is 12.1 Å². The lowest BCUT2D eigenvalue weighted by Crippen LogP contribution is -2.62. The van der Waals surface area contributed by atoms with Gasteiger partial charge in [0.1, 0.15) is 29.6 Å². The number of aliphatic hydroxyl groups excluding tert-OH is 1. The summed E-state index contributed by atoms with van der Waals surface area (Å²) in [5, 5.41) is 20.0. The molecule has 2 amide bonds. The maximum atomic E-state index is 14.1. The first-order valence-corrected chi connectivity index (χ1v) is 21.7. The van der Waals surface area contributed by atoms with Gasteiger partial charge in [0.15, 0.2) is 11.9 Å². The number of likely N-dealkylation sites (N-methyl/N-ethyl adjacent to an activating group) is 1. The highest BCUT2D eigenvalue weighted by Gasteiger charge is 2.59. The maximum absolute atomic E-state index is 14.1. The van der Waals surface area contributed by atoms with E-state index in [1.54, 1.807) is 21.4 Å². The minimum absolute atomic E-state index is 0.212. The Morgan fingerprint density at radius 3 is 2.44 bits per heavy atom. The van der Waals surface area contributed by atoms with Crippen molar-refractivity contribution in [1.29, 1.82) is 0 Å². The second-order valence-electron chi connectivity index (χ2n) is 18.1. The predicted octanol–water partition coefficient (Wildman–Crippen LogP) is 4.30. The lowest BCUT2D eigenvalue weighted by Gasteiger charge is -2.46. The van der Waals surface area contributed by atoms with Gasteiger partial charge < -0.3 is 44.3 Å². The number of hydrogen-bond donors (Lipinski definition) is 2. The summed E-state index contributed by atoms with van der Waals surface area (Å²) in [6, 6.07) is 5.84. The van der Waals surface area contributed by atoms with Gasteiger partial charge in [-0.15, -0.1) is 5.10 Å². The number of fused-ring (bicyclic) bond motifs is 1. The number of rotatable bonds is 11. The minimum atomic E-state index is -1.39. The number of ketones is 1. The fraction of sp³-hybridized carbons (Fsp3) is 0.727. The number of nitrogen functional groups attached to an aromatic ring is 1. The number of Topliss-reactive ketones (excluding diaryl/α,β-unsaturated/α-hetero) is 1. The zero-order valence-corrected chi connectivity index (χ0v) is 37.9. The number of esters is 1. The minimum Gasteiger partial charge on any atom is -0.458 e. The summed E-state index contributed by atoms with van der Waals surface area (Å²) in [5.74, 6) is -2.87. The van der Waals surface area contributed by atoms with Gasteiger partial charge in [0, 0.05) is 57.4 Å². The van der Waals surface area contributed by atoms with Crippen LogP contribution in [0.25, 0.3) is 11.3 Å². The molecular formula is C44H69N7O10. The molecule has 3 N–H and O–H groups in total. The molecule has 2 aromatic rings. The Hall–Kier alpha value is -4.16. The van der Waals surface area contributed by atoms with E-state index in [4.69, 9.17) is 29.4 Å². The van der Waals surface area contributed by atoms with Crippen molar-refractivity contribution in [3.05, 3.63) is 30.5 Å². The van der Waals surface area contributed by atoms with Crippen molar-refractivity contribution in [2.24, 2.45) is 11.8 Å². The number of aliphatic hydroxyl groups is 1. The van der Waals surface area contributed by atoms with Crippen LogP contribution in [0.2, 0.25) is 0 Å². The molecule has 1 aromatic heterocycles. The number of aryl methyl sites for hydroxylation is 1. The largest absolute Gasteiger partial charge is 0.458 e. The molecule has 1 aromatic carbocycles. The first-order chi connectivity index (χ1) is 28.7. The second-order valence-corrected chi connectivity index (χ2v) is 18.1. The molecule has 4 heterocycles. The first kappa shape index (κ1) is 47.9. The van der Waals surface area contributed by atoms with Crippen molar-refractivity contribution in [1.82, 2.24) is 29.7 Å². The molecule has 61 heavy (non-hydrogen) atoms. The summed E-state index contributed by atoms with van der Waals surface area (Å²) in [7, 11) is 5.29. The molecule has 12 atom stereocenters. The Kier molecular flexibility index (Phi) is 15.6. The molecule has 0 saturated carbocycles. The van der Waals surface area contributed by atoms with E-state index in [2.05, 4.69) is 10.3 Å². The number of nitrogens with two attached hydrogens (primary N) is 1. The highest BCUT2D eigenvalue weighted by molar-refractivity contribution is 5.99. The predicted molar refractivity (Wildman–Crippen MR) is 227 cm³/mol. The van der Waals surface area contributed by atoms with Gasteiger partial charge in [-0.3, -0.25) is 24.0 Å². The van der Waals surface area contributed by atoms with Crippen LogP contribution in [-0.2, 0) is 44.6 Å². The Morgan fingerprint density at radius 1 is 1.10 bits per heavy atom. The summed E-state index contributed by atoms with van der Waals surface area (Å²) >= 11 is 0. The number of unbranched alkanes of at least 4 members (excludes halogenated alkanes) is 1. The summed E-state index contributed by atoms with van der Waals surface area (Å²) in [6.45, 7) is 15.3. The van der Waals surface area contributed by atoms with Crippen LogP contribution in [0.4, 0.5) is 10.5 Å². The highest BCUT2D eigenvalue weighted by Crippen LogP contribution is 2.41. The number of nitrogens with zero attached hydrogens (tertiary/aromatic N) is 6. The molecule has 3 aliphatic heterocycles. The van der Waals surface area contributed by atoms with Crippen molar-refractivity contribution in [3.63, 3.8) is 0 Å². The molecule has 0 spiro atoms. The molecule has 340 valence electrons. The van der Waals surface area contributed by atoms with E-state index in [-0.39, 0.29) is 43.4 Å². The first-order valence-electron chi connectivity index (χ1n) is 21.7. The molecule has 2 unspecified atom stereocenters. The van der Waals surface area contributed by atoms with Crippen molar-refractivity contribution in [2.45, 2.75) is 160 Å². The Balaban J connectivity index is 1.43. The SMILES string of the molecule is CC[C@H]1OC(=O)[C@H](C)C(=O)C[C@@H](O[C@@H]2O[C@H](C)CC(N(C)C)C2O)[C@](C)(OC)C[C@@H](C)CN(C(C)=O)[C@H](C)[C@H]2N(CCCCn3cc(-c4cccc(N)c4)nn3)C(=O)O[C@]12C. The third kappa shape index (κ3) is 10.7. The van der Waals surface area contributed by atoms with E-state index in [1.807, 2.05) is 84.1 Å². The number of carbonyl (C=O) groups is 4. The number of anilines is 1. The van der Waals surface area contributed by atoms with E-state index in [9.17, 15) is 24.3 Å². The molecule has 5 rings (SSSR count). The number of carbonyl (C=O) groups excluding carboxylic acids is 4. The van der Waals surface area contributed by atoms with Crippen LogP contribution in [0.1, 0.15) is 93.9 Å². The van der Waals surface area contributed by atoms with Gasteiger partial charge in [0.2, 0.25) is 5.91 Å². The van der Waals surface area contributed by atoms with Crippen LogP contribution < -0.4 is 5.73 Å². The van der Waals surface area contributed by atoms with Crippen LogP contribution in [0.15, 0.2) is 30.5 Å². The average Bonchev–Trinajstić information content (AvgIpc) is 3.78. The number of aromatic nitrogens is 3. The number of methoxy groups -OCH3 is 1. The van der Waals surface area contributed by atoms with Crippen molar-refractivity contribution >= 4 is 29.4 Å². The topological polar surface area (TPSA) is 201 Å². The molecule has 3 saturated heterocycles. The van der Waals surface area contributed by atoms with Crippen LogP contribution in [-0.4, -0.2) is 153 Å². The van der Waals surface area contributed by atoms with Crippen molar-refractivity contribution in [2.75, 3.05) is 40.0 Å². The van der Waals surface area contributed by atoms with Crippen LogP contribution in [0.3, 0.4) is 0 Å². The normalized spacial score (nSPS) is 34.4. The molecule has 3 aliphatic rings. The van der Waals surface area contributed by atoms with Gasteiger partial charge in [0.25, 0.3) is 0 Å². The van der Waals surface area contributed by atoms with Crippen LogP contribution in [0, 0.1) is 11.8 Å². The monoisotopic (exact) mass is 856 g/mol. The third-order valence-electron chi connectivity index (χ3n) is 13.1. The smallest absolute Gasteiger partial charge is 0.410 e. The van der Waals surface area contributed by atoms with Crippen LogP contribution >= 0.6 is 0 Å². The molecule has 17 nitrogen and oxygen atoms in total. The van der Waals surface area contributed by atoms with E-state index in [1.165, 1.54) is 21.0 Å². The average molecular weight is 856 g/mol. The molecule has 17 heteroatoms. The van der Waals surface area contributed by atoms with Crippen LogP contribution in [0.5, 0.6) is 0 Å². The molecule has 0 radical (unpaired) electrons. The lowest BCUT2D eigenvalue weighted by molar-refractivity contribution is -0.289. The highest BCUT2D eigenvalue weighted by atomic mass is 16.7. The fourth-order valence-electron chi connectivity index (χ4n) is 9.50. The molecule has 3 fully saturated rings. The Labute approximate surface area is 360 Å². The summed E-state index contributed by atoms with van der Waals surface area (Å²) < 4.78 is 33.0. The maximum Gasteiger partial charge on any atom is 0.410 e. The Bertz CT molecular complexity index is 1840. The van der Waals surface area contributed by atoms with E-state index < -0.39 is 71.7 Å². The lowest BCUT2D eigenvalue weighted by atomic mass is 9.82. The summed E-state index contributed by atoms with van der Waals surface area (Å²) in [4.78, 5) is 61.1. The number of cyclic esters (lactones) is 1. The van der Waals surface area contributed by atoms with Crippen molar-refractivity contribution < 1.29 is 48.0 Å². The standard InChI is InChI=1S/C44H69N7O10/c1-12-36-44(8)39(50(42(56)61-44)19-14-13-18-49-25-33(46-47-49)31-16-15-17-32(45)21-31)29(5)51(30(6)52)24-26(2)23-43(7,57-11)37(22-35(53)28(4)40(55)59-36)60-41-38(54)34(48(9)10)20-27(3)58-41/h15-17,21,25-29,34,36-39,41,54H,12-14,18-20,22-24,45H2,1-11H3/t26-,27-,28-,29-,34?,36-,37-,38?,39-,41+,43-,44-/m1/s1. The number of ether oxygens (including phenoxy) is 5. The fourth-order valence-corrected chi connectivity index (χ4v) is 9.50. The van der Waals surface area contributed by atoms with E-state index >= 15 is 0 Å². The third-order valence-corrected chi connectivity index (χ3v) is 13.1. The quantitative estimate of drug-likeness (QED) is 0.140. The molecule has 0 aliphatic carbocycles. The van der Waals surface area contributed by atoms with Gasteiger partial charge in [-0.25, -0.2) is 4.79 Å². The summed E-state index contributed by atoms with van der Waals surface area (Å²) in [5.41, 5.74) is 5.63. The van der Waals surface area contributed by atoms with Gasteiger partial charge in [-0.1, -0.05) is 31.2 Å². The molecular weight excluding hydrogens is 787 g/mol. The number of benzene rings is 1. The van der Waals surface area contributed by atoms with Crippen molar-refractivity contribution in [3.8, 4) is 11.3 Å². The molecule has 0 bridgehead atoms. The zero-order valence-electron chi connectivity index (χ0n) is 37.9. The van der Waals surface area contributed by atoms with E-state index in [0.29, 0.717) is 50.2 Å².